The SMILES string of the molecule is CCN1NCC(=Nc2ccc(N(CC)CC)cc2)C1=N. The van der Waals surface area contributed by atoms with Gasteiger partial charge in [-0.25, -0.2) is 10.4 Å². The van der Waals surface area contributed by atoms with Crippen LogP contribution in [0.4, 0.5) is 11.4 Å². The number of hydrogen-bond donors (Lipinski definition) is 2. The molecule has 2 rings (SSSR count). The maximum Gasteiger partial charge on any atom is 0.158 e. The Morgan fingerprint density at radius 3 is 2.35 bits per heavy atom. The van der Waals surface area contributed by atoms with E-state index < -0.39 is 0 Å². The molecule has 5 heteroatoms. The Labute approximate surface area is 120 Å². The average Bonchev–Trinajstić information content (AvgIpc) is 2.82. The normalized spacial score (nSPS) is 17.1. The van der Waals surface area contributed by atoms with Gasteiger partial charge in [0.15, 0.2) is 5.84 Å². The van der Waals surface area contributed by atoms with E-state index in [9.17, 15) is 0 Å². The summed E-state index contributed by atoms with van der Waals surface area (Å²) in [5.41, 5.74) is 6.06. The van der Waals surface area contributed by atoms with Crippen molar-refractivity contribution in [3.05, 3.63) is 24.3 Å². The fourth-order valence-electron chi connectivity index (χ4n) is 2.33. The molecule has 1 heterocycles. The van der Waals surface area contributed by atoms with E-state index in [-0.39, 0.29) is 0 Å². The number of rotatable bonds is 5. The molecule has 1 saturated heterocycles. The fourth-order valence-corrected chi connectivity index (χ4v) is 2.33. The summed E-state index contributed by atoms with van der Waals surface area (Å²) >= 11 is 0. The van der Waals surface area contributed by atoms with E-state index in [0.29, 0.717) is 12.4 Å². The lowest BCUT2D eigenvalue weighted by molar-refractivity contribution is 0.365. The third-order valence-electron chi connectivity index (χ3n) is 3.54. The van der Waals surface area contributed by atoms with Gasteiger partial charge in [-0.15, -0.1) is 0 Å². The summed E-state index contributed by atoms with van der Waals surface area (Å²) in [6.07, 6.45) is 0. The lowest BCUT2D eigenvalue weighted by Gasteiger charge is -2.20. The van der Waals surface area contributed by atoms with Crippen LogP contribution in [0.3, 0.4) is 0 Å². The van der Waals surface area contributed by atoms with Crippen molar-refractivity contribution in [1.29, 1.82) is 5.41 Å². The molecule has 1 fully saturated rings. The Morgan fingerprint density at radius 1 is 1.20 bits per heavy atom. The maximum absolute atomic E-state index is 8.01. The van der Waals surface area contributed by atoms with Crippen molar-refractivity contribution < 1.29 is 0 Å². The maximum atomic E-state index is 8.01. The molecule has 0 aliphatic carbocycles. The van der Waals surface area contributed by atoms with Gasteiger partial charge in [0.1, 0.15) is 0 Å². The van der Waals surface area contributed by atoms with Crippen molar-refractivity contribution in [2.24, 2.45) is 4.99 Å². The molecule has 0 atom stereocenters. The summed E-state index contributed by atoms with van der Waals surface area (Å²) in [7, 11) is 0. The predicted octanol–water partition coefficient (Wildman–Crippen LogP) is 2.42. The van der Waals surface area contributed by atoms with Gasteiger partial charge in [-0.3, -0.25) is 10.4 Å². The van der Waals surface area contributed by atoms with Gasteiger partial charge in [0.05, 0.1) is 17.9 Å². The van der Waals surface area contributed by atoms with Crippen LogP contribution in [0, 0.1) is 5.41 Å². The third-order valence-corrected chi connectivity index (χ3v) is 3.54. The Balaban J connectivity index is 2.13. The number of aliphatic imine (C=N–C) groups is 1. The molecule has 0 bridgehead atoms. The summed E-state index contributed by atoms with van der Waals surface area (Å²) in [5.74, 6) is 0.473. The highest BCUT2D eigenvalue weighted by Gasteiger charge is 2.21. The van der Waals surface area contributed by atoms with E-state index in [1.807, 2.05) is 24.1 Å². The molecule has 0 radical (unpaired) electrons. The minimum absolute atomic E-state index is 0.473. The topological polar surface area (TPSA) is 54.7 Å². The Hall–Kier alpha value is -1.88. The molecular weight excluding hydrogens is 250 g/mol. The number of anilines is 1. The summed E-state index contributed by atoms with van der Waals surface area (Å²) < 4.78 is 0. The second-order valence-electron chi connectivity index (χ2n) is 4.67. The van der Waals surface area contributed by atoms with Crippen LogP contribution in [0.2, 0.25) is 0 Å². The molecule has 1 aliphatic rings. The van der Waals surface area contributed by atoms with E-state index in [1.165, 1.54) is 5.69 Å². The molecule has 2 N–H and O–H groups in total. The van der Waals surface area contributed by atoms with E-state index in [4.69, 9.17) is 5.41 Å². The molecule has 20 heavy (non-hydrogen) atoms. The highest BCUT2D eigenvalue weighted by molar-refractivity contribution is 6.42. The van der Waals surface area contributed by atoms with E-state index in [2.05, 4.69) is 41.3 Å². The average molecular weight is 273 g/mol. The first-order valence-corrected chi connectivity index (χ1v) is 7.22. The summed E-state index contributed by atoms with van der Waals surface area (Å²) in [4.78, 5) is 6.86. The van der Waals surface area contributed by atoms with Gasteiger partial charge < -0.3 is 4.90 Å². The second-order valence-corrected chi connectivity index (χ2v) is 4.67. The molecular formula is C15H23N5. The van der Waals surface area contributed by atoms with Gasteiger partial charge in [0.25, 0.3) is 0 Å². The number of amidine groups is 1. The first-order chi connectivity index (χ1) is 9.69. The van der Waals surface area contributed by atoms with Gasteiger partial charge in [0.2, 0.25) is 0 Å². The van der Waals surface area contributed by atoms with Gasteiger partial charge >= 0.3 is 0 Å². The van der Waals surface area contributed by atoms with Crippen LogP contribution in [0.25, 0.3) is 0 Å². The van der Waals surface area contributed by atoms with Gasteiger partial charge in [-0.1, -0.05) is 0 Å². The third kappa shape index (κ3) is 2.99. The summed E-state index contributed by atoms with van der Waals surface area (Å²) in [6.45, 7) is 9.74. The molecule has 108 valence electrons. The van der Waals surface area contributed by atoms with Crippen molar-refractivity contribution in [2.75, 3.05) is 31.1 Å². The molecule has 1 aromatic carbocycles. The van der Waals surface area contributed by atoms with Crippen LogP contribution in [0.5, 0.6) is 0 Å². The van der Waals surface area contributed by atoms with Gasteiger partial charge in [-0.2, -0.15) is 0 Å². The Morgan fingerprint density at radius 2 is 1.85 bits per heavy atom. The van der Waals surface area contributed by atoms with E-state index in [0.717, 1.165) is 31.0 Å². The summed E-state index contributed by atoms with van der Waals surface area (Å²) in [6, 6.07) is 8.22. The predicted molar refractivity (Wildman–Crippen MR) is 85.2 cm³/mol. The van der Waals surface area contributed by atoms with Crippen LogP contribution < -0.4 is 10.3 Å². The Kier molecular flexibility index (Phi) is 4.74. The van der Waals surface area contributed by atoms with Crippen molar-refractivity contribution in [3.8, 4) is 0 Å². The number of nitrogens with zero attached hydrogens (tertiary/aromatic N) is 3. The molecule has 0 amide bonds. The highest BCUT2D eigenvalue weighted by Crippen LogP contribution is 2.20. The monoisotopic (exact) mass is 273 g/mol. The molecule has 1 aliphatic heterocycles. The Bertz CT molecular complexity index is 487. The first-order valence-electron chi connectivity index (χ1n) is 7.22. The van der Waals surface area contributed by atoms with Crippen molar-refractivity contribution in [1.82, 2.24) is 10.4 Å². The van der Waals surface area contributed by atoms with Gasteiger partial charge in [-0.05, 0) is 45.0 Å². The zero-order valence-electron chi connectivity index (χ0n) is 12.5. The van der Waals surface area contributed by atoms with Crippen molar-refractivity contribution in [3.63, 3.8) is 0 Å². The minimum atomic E-state index is 0.473. The van der Waals surface area contributed by atoms with Gasteiger partial charge in [0, 0.05) is 25.3 Å². The first kappa shape index (κ1) is 14.5. The molecule has 0 saturated carbocycles. The number of hydrogen-bond acceptors (Lipinski definition) is 4. The number of benzene rings is 1. The van der Waals surface area contributed by atoms with Crippen LogP contribution in [0.1, 0.15) is 20.8 Å². The van der Waals surface area contributed by atoms with E-state index >= 15 is 0 Å². The zero-order valence-corrected chi connectivity index (χ0v) is 12.5. The van der Waals surface area contributed by atoms with Crippen molar-refractivity contribution >= 4 is 22.9 Å². The lowest BCUT2D eigenvalue weighted by Crippen LogP contribution is -2.33. The second kappa shape index (κ2) is 6.52. The van der Waals surface area contributed by atoms with Crippen LogP contribution in [-0.2, 0) is 0 Å². The molecule has 5 nitrogen and oxygen atoms in total. The smallest absolute Gasteiger partial charge is 0.158 e. The molecule has 0 aromatic heterocycles. The fraction of sp³-hybridized carbons (Fsp3) is 0.467. The zero-order chi connectivity index (χ0) is 14.5. The highest BCUT2D eigenvalue weighted by atomic mass is 15.5. The lowest BCUT2D eigenvalue weighted by atomic mass is 10.2. The summed E-state index contributed by atoms with van der Waals surface area (Å²) in [5, 5.41) is 9.82. The van der Waals surface area contributed by atoms with Crippen LogP contribution in [0.15, 0.2) is 29.3 Å². The molecule has 0 spiro atoms. The minimum Gasteiger partial charge on any atom is -0.372 e. The number of nitrogens with one attached hydrogen (secondary N) is 2. The molecule has 0 unspecified atom stereocenters. The van der Waals surface area contributed by atoms with E-state index in [1.54, 1.807) is 0 Å². The van der Waals surface area contributed by atoms with Crippen LogP contribution in [-0.4, -0.2) is 42.7 Å². The quantitative estimate of drug-likeness (QED) is 0.866. The number of hydrazine groups is 1. The standard InChI is InChI=1S/C15H23N5/c1-4-19(5-2)13-9-7-12(8-10-13)18-14-11-17-20(6-3)15(14)16/h7-10,16-17H,4-6,11H2,1-3H3. The van der Waals surface area contributed by atoms with Crippen molar-refractivity contribution in [2.45, 2.75) is 20.8 Å². The largest absolute Gasteiger partial charge is 0.372 e. The van der Waals surface area contributed by atoms with Crippen LogP contribution >= 0.6 is 0 Å². The molecule has 1 aromatic rings.